The second kappa shape index (κ2) is 8.65. The fourth-order valence-corrected chi connectivity index (χ4v) is 3.16. The molecular formula is C19H26N2O4. The predicted octanol–water partition coefficient (Wildman–Crippen LogP) is 3.04. The van der Waals surface area contributed by atoms with E-state index in [9.17, 15) is 19.5 Å². The number of carbonyl (C=O) groups is 3. The van der Waals surface area contributed by atoms with E-state index in [0.29, 0.717) is 24.1 Å². The molecule has 1 saturated carbocycles. The number of aliphatic carboxylic acids is 1. The van der Waals surface area contributed by atoms with Gasteiger partial charge in [0.1, 0.15) is 0 Å². The highest BCUT2D eigenvalue weighted by Crippen LogP contribution is 2.31. The summed E-state index contributed by atoms with van der Waals surface area (Å²) >= 11 is 0. The maximum atomic E-state index is 12.6. The molecule has 3 N–H and O–H groups in total. The van der Waals surface area contributed by atoms with E-state index < -0.39 is 17.8 Å². The quantitative estimate of drug-likeness (QED) is 0.738. The molecule has 2 rings (SSSR count). The summed E-state index contributed by atoms with van der Waals surface area (Å²) in [4.78, 5) is 36.4. The van der Waals surface area contributed by atoms with Gasteiger partial charge in [0, 0.05) is 6.04 Å². The summed E-state index contributed by atoms with van der Waals surface area (Å²) in [6.45, 7) is 3.90. The number of para-hydroxylation sites is 1. The highest BCUT2D eigenvalue weighted by Gasteiger charge is 2.36. The van der Waals surface area contributed by atoms with Crippen LogP contribution in [0, 0.1) is 11.8 Å². The smallest absolute Gasteiger partial charge is 0.307 e. The average Bonchev–Trinajstić information content (AvgIpc) is 2.61. The minimum absolute atomic E-state index is 0.0333. The van der Waals surface area contributed by atoms with Crippen LogP contribution in [0.15, 0.2) is 24.3 Å². The fourth-order valence-electron chi connectivity index (χ4n) is 3.16. The van der Waals surface area contributed by atoms with E-state index in [1.165, 1.54) is 0 Å². The molecule has 0 aliphatic heterocycles. The van der Waals surface area contributed by atoms with Crippen LogP contribution in [0.4, 0.5) is 5.69 Å². The molecular weight excluding hydrogens is 320 g/mol. The molecule has 136 valence electrons. The lowest BCUT2D eigenvalue weighted by Gasteiger charge is -2.27. The van der Waals surface area contributed by atoms with Crippen LogP contribution in [0.1, 0.15) is 56.3 Å². The van der Waals surface area contributed by atoms with Gasteiger partial charge in [-0.3, -0.25) is 14.4 Å². The maximum absolute atomic E-state index is 12.6. The molecule has 0 radical (unpaired) electrons. The lowest BCUT2D eigenvalue weighted by Crippen LogP contribution is -2.37. The second-order valence-electron chi connectivity index (χ2n) is 6.65. The van der Waals surface area contributed by atoms with Crippen LogP contribution < -0.4 is 10.6 Å². The third-order valence-electron chi connectivity index (χ3n) is 4.84. The van der Waals surface area contributed by atoms with Crippen LogP contribution >= 0.6 is 0 Å². The number of amides is 2. The molecule has 0 saturated heterocycles. The minimum Gasteiger partial charge on any atom is -0.481 e. The summed E-state index contributed by atoms with van der Waals surface area (Å²) in [6, 6.07) is 6.84. The largest absolute Gasteiger partial charge is 0.481 e. The van der Waals surface area contributed by atoms with Gasteiger partial charge >= 0.3 is 5.97 Å². The van der Waals surface area contributed by atoms with Gasteiger partial charge in [-0.25, -0.2) is 0 Å². The van der Waals surface area contributed by atoms with Gasteiger partial charge in [0.2, 0.25) is 5.91 Å². The number of anilines is 1. The van der Waals surface area contributed by atoms with E-state index >= 15 is 0 Å². The number of benzene rings is 1. The number of carboxylic acids is 1. The first-order valence-corrected chi connectivity index (χ1v) is 8.87. The third-order valence-corrected chi connectivity index (χ3v) is 4.84. The van der Waals surface area contributed by atoms with Gasteiger partial charge in [-0.05, 0) is 38.3 Å². The van der Waals surface area contributed by atoms with Crippen LogP contribution in [0.3, 0.4) is 0 Å². The summed E-state index contributed by atoms with van der Waals surface area (Å²) in [5, 5.41) is 15.0. The predicted molar refractivity (Wildman–Crippen MR) is 95.4 cm³/mol. The van der Waals surface area contributed by atoms with E-state index in [0.717, 1.165) is 19.3 Å². The monoisotopic (exact) mass is 346 g/mol. The molecule has 1 aliphatic carbocycles. The number of carboxylic acid groups (broad SMARTS) is 1. The Morgan fingerprint density at radius 3 is 2.44 bits per heavy atom. The van der Waals surface area contributed by atoms with Crippen molar-refractivity contribution < 1.29 is 19.5 Å². The Morgan fingerprint density at radius 2 is 1.80 bits per heavy atom. The Labute approximate surface area is 148 Å². The van der Waals surface area contributed by atoms with Gasteiger partial charge < -0.3 is 15.7 Å². The Balaban J connectivity index is 2.15. The maximum Gasteiger partial charge on any atom is 0.307 e. The highest BCUT2D eigenvalue weighted by molar-refractivity contribution is 6.04. The fraction of sp³-hybridized carbons (Fsp3) is 0.526. The SMILES string of the molecule is CC[C@H](C)NC(=O)c1ccccc1NC(=O)[C@@H]1CCCC[C@H]1C(=O)O. The molecule has 0 unspecified atom stereocenters. The van der Waals surface area contributed by atoms with Crippen LogP contribution in [-0.2, 0) is 9.59 Å². The molecule has 1 aromatic carbocycles. The molecule has 1 fully saturated rings. The standard InChI is InChI=1S/C19H26N2O4/c1-3-12(2)20-18(23)15-10-6-7-11-16(15)21-17(22)13-8-4-5-9-14(13)19(24)25/h6-7,10-14H,3-5,8-9H2,1-2H3,(H,20,23)(H,21,22)(H,24,25)/t12-,13+,14+/m0/s1. The van der Waals surface area contributed by atoms with Gasteiger partial charge in [-0.1, -0.05) is 31.9 Å². The van der Waals surface area contributed by atoms with Gasteiger partial charge in [0.25, 0.3) is 5.91 Å². The first kappa shape index (κ1) is 19.0. The number of nitrogens with one attached hydrogen (secondary N) is 2. The lowest BCUT2D eigenvalue weighted by atomic mass is 9.78. The number of hydrogen-bond donors (Lipinski definition) is 3. The van der Waals surface area contributed by atoms with Crippen molar-refractivity contribution in [1.29, 1.82) is 0 Å². The Hall–Kier alpha value is -2.37. The summed E-state index contributed by atoms with van der Waals surface area (Å²) in [5.74, 6) is -2.71. The number of rotatable bonds is 6. The summed E-state index contributed by atoms with van der Waals surface area (Å²) < 4.78 is 0. The summed E-state index contributed by atoms with van der Waals surface area (Å²) in [5.41, 5.74) is 0.807. The summed E-state index contributed by atoms with van der Waals surface area (Å²) in [7, 11) is 0. The van der Waals surface area contributed by atoms with Gasteiger partial charge in [-0.15, -0.1) is 0 Å². The lowest BCUT2D eigenvalue weighted by molar-refractivity contribution is -0.147. The minimum atomic E-state index is -0.928. The first-order chi connectivity index (χ1) is 11.9. The van der Waals surface area contributed by atoms with E-state index in [1.807, 2.05) is 13.8 Å². The van der Waals surface area contributed by atoms with Crippen molar-refractivity contribution >= 4 is 23.5 Å². The van der Waals surface area contributed by atoms with Crippen molar-refractivity contribution in [2.45, 2.75) is 52.0 Å². The van der Waals surface area contributed by atoms with Crippen LogP contribution in [0.5, 0.6) is 0 Å². The first-order valence-electron chi connectivity index (χ1n) is 8.87. The molecule has 1 aromatic rings. The molecule has 6 nitrogen and oxygen atoms in total. The van der Waals surface area contributed by atoms with E-state index in [-0.39, 0.29) is 17.9 Å². The van der Waals surface area contributed by atoms with Crippen molar-refractivity contribution in [3.05, 3.63) is 29.8 Å². The van der Waals surface area contributed by atoms with Crippen molar-refractivity contribution in [2.24, 2.45) is 11.8 Å². The zero-order chi connectivity index (χ0) is 18.4. The van der Waals surface area contributed by atoms with Crippen molar-refractivity contribution in [1.82, 2.24) is 5.32 Å². The van der Waals surface area contributed by atoms with Crippen LogP contribution in [-0.4, -0.2) is 28.9 Å². The van der Waals surface area contributed by atoms with Crippen molar-refractivity contribution in [3.8, 4) is 0 Å². The van der Waals surface area contributed by atoms with E-state index in [4.69, 9.17) is 0 Å². The Morgan fingerprint density at radius 1 is 1.16 bits per heavy atom. The van der Waals surface area contributed by atoms with Gasteiger partial charge in [0.15, 0.2) is 0 Å². The normalized spacial score (nSPS) is 21.2. The van der Waals surface area contributed by atoms with Crippen molar-refractivity contribution in [3.63, 3.8) is 0 Å². The zero-order valence-corrected chi connectivity index (χ0v) is 14.7. The van der Waals surface area contributed by atoms with Crippen LogP contribution in [0.25, 0.3) is 0 Å². The molecule has 0 aromatic heterocycles. The Bertz CT molecular complexity index is 644. The second-order valence-corrected chi connectivity index (χ2v) is 6.65. The zero-order valence-electron chi connectivity index (χ0n) is 14.7. The number of hydrogen-bond acceptors (Lipinski definition) is 3. The molecule has 2 amide bonds. The molecule has 1 aliphatic rings. The van der Waals surface area contributed by atoms with E-state index in [2.05, 4.69) is 10.6 Å². The van der Waals surface area contributed by atoms with Gasteiger partial charge in [-0.2, -0.15) is 0 Å². The molecule has 0 heterocycles. The van der Waals surface area contributed by atoms with Crippen LogP contribution in [0.2, 0.25) is 0 Å². The Kier molecular flexibility index (Phi) is 6.56. The molecule has 0 bridgehead atoms. The topological polar surface area (TPSA) is 95.5 Å². The summed E-state index contributed by atoms with van der Waals surface area (Å²) in [6.07, 6.45) is 3.56. The van der Waals surface area contributed by atoms with Crippen molar-refractivity contribution in [2.75, 3.05) is 5.32 Å². The molecule has 0 spiro atoms. The van der Waals surface area contributed by atoms with E-state index in [1.54, 1.807) is 24.3 Å². The highest BCUT2D eigenvalue weighted by atomic mass is 16.4. The van der Waals surface area contributed by atoms with Gasteiger partial charge in [0.05, 0.1) is 23.1 Å². The average molecular weight is 346 g/mol. The molecule has 3 atom stereocenters. The molecule has 25 heavy (non-hydrogen) atoms. The number of carbonyl (C=O) groups excluding carboxylic acids is 2. The third kappa shape index (κ3) is 4.81. The molecule has 6 heteroatoms.